The highest BCUT2D eigenvalue weighted by Gasteiger charge is 2.24. The molecule has 2 heterocycles. The lowest BCUT2D eigenvalue weighted by molar-refractivity contribution is 0.0957. The van der Waals surface area contributed by atoms with Crippen molar-refractivity contribution in [2.45, 2.75) is 13.8 Å². The Morgan fingerprint density at radius 1 is 1.23 bits per heavy atom. The zero-order chi connectivity index (χ0) is 18.1. The van der Waals surface area contributed by atoms with Crippen molar-refractivity contribution in [1.29, 1.82) is 0 Å². The van der Waals surface area contributed by atoms with E-state index in [-0.39, 0.29) is 18.3 Å². The van der Waals surface area contributed by atoms with E-state index in [0.29, 0.717) is 22.1 Å². The van der Waals surface area contributed by atoms with E-state index < -0.39 is 0 Å². The van der Waals surface area contributed by atoms with Gasteiger partial charge in [-0.25, -0.2) is 4.98 Å². The number of carbonyl (C=O) groups excluding carboxylic acids is 1. The maximum absolute atomic E-state index is 13.0. The minimum atomic E-state index is -0.180. The van der Waals surface area contributed by atoms with Gasteiger partial charge in [0.1, 0.15) is 0 Å². The molecule has 3 rings (SSSR count). The average molecular weight is 459 g/mol. The molecule has 26 heavy (non-hydrogen) atoms. The first-order valence-corrected chi connectivity index (χ1v) is 9.56. The molecule has 1 amide bonds. The lowest BCUT2D eigenvalue weighted by Gasteiger charge is -2.20. The van der Waals surface area contributed by atoms with Crippen LogP contribution >= 0.6 is 39.7 Å². The Balaban J connectivity index is 0.00000243. The smallest absolute Gasteiger partial charge is 0.295 e. The fraction of sp³-hybridized carbons (Fsp3) is 0.333. The molecule has 0 radical (unpaired) electrons. The molecule has 0 saturated carbocycles. The van der Waals surface area contributed by atoms with E-state index in [1.807, 2.05) is 19.0 Å². The van der Waals surface area contributed by atoms with Crippen LogP contribution in [-0.2, 0) is 0 Å². The number of anilines is 1. The van der Waals surface area contributed by atoms with Crippen LogP contribution in [-0.4, -0.2) is 43.0 Å². The number of amides is 1. The largest absolute Gasteiger partial charge is 0.444 e. The highest BCUT2D eigenvalue weighted by Crippen LogP contribution is 2.32. The van der Waals surface area contributed by atoms with Gasteiger partial charge < -0.3 is 9.32 Å². The normalized spacial score (nSPS) is 11.0. The molecule has 0 atom stereocenters. The van der Waals surface area contributed by atoms with Crippen LogP contribution in [0.3, 0.4) is 0 Å². The van der Waals surface area contributed by atoms with Crippen molar-refractivity contribution in [3.05, 3.63) is 45.8 Å². The fourth-order valence-corrected chi connectivity index (χ4v) is 4.09. The maximum atomic E-state index is 13.0. The zero-order valence-corrected chi connectivity index (χ0v) is 18.3. The number of likely N-dealkylation sites (N-methyl/N-ethyl adjacent to an activating group) is 1. The number of hydrogen-bond donors (Lipinski definition) is 0. The van der Waals surface area contributed by atoms with Crippen LogP contribution in [0.2, 0.25) is 0 Å². The summed E-state index contributed by atoms with van der Waals surface area (Å²) >= 11 is 4.79. The van der Waals surface area contributed by atoms with Crippen molar-refractivity contribution < 1.29 is 9.21 Å². The third kappa shape index (κ3) is 4.46. The van der Waals surface area contributed by atoms with Gasteiger partial charge >= 0.3 is 0 Å². The Morgan fingerprint density at radius 2 is 1.96 bits per heavy atom. The zero-order valence-electron chi connectivity index (χ0n) is 15.1. The van der Waals surface area contributed by atoms with E-state index >= 15 is 0 Å². The number of aryl methyl sites for hydroxylation is 2. The number of hydrogen-bond acceptors (Lipinski definition) is 5. The summed E-state index contributed by atoms with van der Waals surface area (Å²) in [7, 11) is 3.97. The van der Waals surface area contributed by atoms with E-state index in [1.165, 1.54) is 16.9 Å². The first-order chi connectivity index (χ1) is 11.8. The molecule has 0 spiro atoms. The molecule has 2 aromatic heterocycles. The van der Waals surface area contributed by atoms with Crippen molar-refractivity contribution in [3.8, 4) is 0 Å². The van der Waals surface area contributed by atoms with Crippen LogP contribution in [0.25, 0.3) is 10.2 Å². The number of fused-ring (bicyclic) bond motifs is 1. The summed E-state index contributed by atoms with van der Waals surface area (Å²) in [6.45, 7) is 5.40. The SMILES string of the molecule is Cc1cc(C)c2nc(N(CCN(C)C)C(=O)c3ccc(Br)o3)sc2c1.Cl. The van der Waals surface area contributed by atoms with E-state index in [4.69, 9.17) is 9.40 Å². The summed E-state index contributed by atoms with van der Waals surface area (Å²) in [5.74, 6) is 0.124. The van der Waals surface area contributed by atoms with E-state index in [9.17, 15) is 4.79 Å². The molecular weight excluding hydrogens is 438 g/mol. The summed E-state index contributed by atoms with van der Waals surface area (Å²) in [5.41, 5.74) is 3.27. The summed E-state index contributed by atoms with van der Waals surface area (Å²) < 4.78 is 7.09. The van der Waals surface area contributed by atoms with Gasteiger partial charge in [-0.1, -0.05) is 17.4 Å². The quantitative estimate of drug-likeness (QED) is 0.546. The molecule has 0 N–H and O–H groups in total. The van der Waals surface area contributed by atoms with Crippen LogP contribution in [0.5, 0.6) is 0 Å². The van der Waals surface area contributed by atoms with Gasteiger partial charge in [0.2, 0.25) is 0 Å². The second kappa shape index (κ2) is 8.52. The lowest BCUT2D eigenvalue weighted by atomic mass is 10.1. The monoisotopic (exact) mass is 457 g/mol. The summed E-state index contributed by atoms with van der Waals surface area (Å²) in [6, 6.07) is 7.63. The Morgan fingerprint density at radius 3 is 2.58 bits per heavy atom. The van der Waals surface area contributed by atoms with E-state index in [0.717, 1.165) is 22.3 Å². The Hall–Kier alpha value is -1.41. The third-order valence-electron chi connectivity index (χ3n) is 3.85. The average Bonchev–Trinajstić information content (AvgIpc) is 3.13. The molecule has 0 aliphatic carbocycles. The van der Waals surface area contributed by atoms with Crippen LogP contribution in [0.1, 0.15) is 21.7 Å². The molecule has 140 valence electrons. The molecule has 3 aromatic rings. The fourth-order valence-electron chi connectivity index (χ4n) is 2.62. The Kier molecular flexibility index (Phi) is 6.85. The third-order valence-corrected chi connectivity index (χ3v) is 5.30. The number of aromatic nitrogens is 1. The van der Waals surface area contributed by atoms with Crippen molar-refractivity contribution in [1.82, 2.24) is 9.88 Å². The van der Waals surface area contributed by atoms with E-state index in [2.05, 4.69) is 41.9 Å². The predicted octanol–water partition coefficient (Wildman–Crippen LogP) is 4.90. The van der Waals surface area contributed by atoms with Gasteiger partial charge in [-0.2, -0.15) is 0 Å². The van der Waals surface area contributed by atoms with Gasteiger partial charge in [-0.3, -0.25) is 9.69 Å². The number of thiazole rings is 1. The van der Waals surface area contributed by atoms with Gasteiger partial charge in [-0.15, -0.1) is 12.4 Å². The molecule has 8 heteroatoms. The molecule has 1 aromatic carbocycles. The van der Waals surface area contributed by atoms with Crippen LogP contribution in [0.4, 0.5) is 5.13 Å². The molecule has 5 nitrogen and oxygen atoms in total. The molecular formula is C18H21BrClN3O2S. The Bertz CT molecular complexity index is 922. The first-order valence-electron chi connectivity index (χ1n) is 7.95. The van der Waals surface area contributed by atoms with E-state index in [1.54, 1.807) is 17.0 Å². The number of halogens is 2. The number of benzene rings is 1. The second-order valence-corrected chi connectivity index (χ2v) is 8.08. The minimum Gasteiger partial charge on any atom is -0.444 e. The summed E-state index contributed by atoms with van der Waals surface area (Å²) in [5, 5.41) is 0.697. The number of furan rings is 1. The lowest BCUT2D eigenvalue weighted by Crippen LogP contribution is -2.36. The van der Waals surface area contributed by atoms with Crippen molar-refractivity contribution in [2.24, 2.45) is 0 Å². The van der Waals surface area contributed by atoms with Crippen LogP contribution in [0, 0.1) is 13.8 Å². The van der Waals surface area contributed by atoms with Gasteiger partial charge in [-0.05, 0) is 73.2 Å². The molecule has 0 bridgehead atoms. The van der Waals surface area contributed by atoms with Crippen molar-refractivity contribution in [2.75, 3.05) is 32.1 Å². The Labute approximate surface area is 171 Å². The van der Waals surface area contributed by atoms with Gasteiger partial charge in [0.15, 0.2) is 15.6 Å². The minimum absolute atomic E-state index is 0. The topological polar surface area (TPSA) is 49.6 Å². The summed E-state index contributed by atoms with van der Waals surface area (Å²) in [4.78, 5) is 21.4. The standard InChI is InChI=1S/C18H20BrN3O2S.ClH/c1-11-9-12(2)16-14(10-11)25-18(20-16)22(8-7-21(3)4)17(23)13-5-6-15(19)24-13;/h5-6,9-10H,7-8H2,1-4H3;1H. The molecule has 0 fully saturated rings. The highest BCUT2D eigenvalue weighted by atomic mass is 79.9. The number of nitrogens with zero attached hydrogens (tertiary/aromatic N) is 3. The van der Waals surface area contributed by atoms with Gasteiger partial charge in [0, 0.05) is 13.1 Å². The number of carbonyl (C=O) groups is 1. The van der Waals surface area contributed by atoms with Gasteiger partial charge in [0.05, 0.1) is 10.2 Å². The molecule has 0 aliphatic rings. The van der Waals surface area contributed by atoms with Gasteiger partial charge in [0.25, 0.3) is 5.91 Å². The number of rotatable bonds is 5. The first kappa shape index (κ1) is 20.9. The molecule has 0 aliphatic heterocycles. The molecule has 0 unspecified atom stereocenters. The van der Waals surface area contributed by atoms with Crippen molar-refractivity contribution >= 4 is 60.9 Å². The maximum Gasteiger partial charge on any atom is 0.295 e. The van der Waals surface area contributed by atoms with Crippen LogP contribution in [0.15, 0.2) is 33.4 Å². The van der Waals surface area contributed by atoms with Crippen molar-refractivity contribution in [3.63, 3.8) is 0 Å². The molecule has 0 saturated heterocycles. The highest BCUT2D eigenvalue weighted by molar-refractivity contribution is 9.10. The summed E-state index contributed by atoms with van der Waals surface area (Å²) in [6.07, 6.45) is 0. The van der Waals surface area contributed by atoms with Crippen LogP contribution < -0.4 is 4.90 Å². The second-order valence-electron chi connectivity index (χ2n) is 6.29. The predicted molar refractivity (Wildman–Crippen MR) is 113 cm³/mol.